The van der Waals surface area contributed by atoms with Crippen molar-refractivity contribution in [2.45, 2.75) is 45.2 Å². The van der Waals surface area contributed by atoms with Gasteiger partial charge in [-0.05, 0) is 38.2 Å². The molecular formula is C15H20N2. The molecule has 0 saturated heterocycles. The molecule has 2 rings (SSSR count). The van der Waals surface area contributed by atoms with Gasteiger partial charge in [0, 0.05) is 12.6 Å². The average Bonchev–Trinajstić information content (AvgIpc) is 2.39. The highest BCUT2D eigenvalue weighted by Crippen LogP contribution is 2.35. The smallest absolute Gasteiger partial charge is 0.0686 e. The quantitative estimate of drug-likeness (QED) is 0.862. The predicted octanol–water partition coefficient (Wildman–Crippen LogP) is 3.25. The van der Waals surface area contributed by atoms with Gasteiger partial charge in [0.25, 0.3) is 0 Å². The summed E-state index contributed by atoms with van der Waals surface area (Å²) in [7, 11) is 0. The highest BCUT2D eigenvalue weighted by Gasteiger charge is 2.30. The van der Waals surface area contributed by atoms with Gasteiger partial charge in [0.1, 0.15) is 0 Å². The standard InChI is InChI=1S/C15H20N2/c1-15(12-16)9-7-14(8-10-15)17-11-13-5-3-2-4-6-13/h2-6,14,17H,7-11H2,1H3. The van der Waals surface area contributed by atoms with Gasteiger partial charge < -0.3 is 5.32 Å². The first-order chi connectivity index (χ1) is 8.22. The number of nitriles is 1. The molecule has 0 aromatic heterocycles. The zero-order valence-electron chi connectivity index (χ0n) is 10.4. The molecule has 1 saturated carbocycles. The van der Waals surface area contributed by atoms with Crippen LogP contribution in [0, 0.1) is 16.7 Å². The topological polar surface area (TPSA) is 35.8 Å². The van der Waals surface area contributed by atoms with E-state index in [9.17, 15) is 0 Å². The lowest BCUT2D eigenvalue weighted by atomic mass is 9.75. The van der Waals surface area contributed by atoms with Crippen LogP contribution in [0.15, 0.2) is 30.3 Å². The van der Waals surface area contributed by atoms with Crippen LogP contribution >= 0.6 is 0 Å². The third kappa shape index (κ3) is 3.31. The molecule has 17 heavy (non-hydrogen) atoms. The van der Waals surface area contributed by atoms with Crippen molar-refractivity contribution in [1.29, 1.82) is 5.26 Å². The molecule has 0 unspecified atom stereocenters. The molecule has 0 heterocycles. The van der Waals surface area contributed by atoms with E-state index >= 15 is 0 Å². The normalized spacial score (nSPS) is 28.6. The Bertz CT molecular complexity index is 383. The molecule has 1 fully saturated rings. The molecule has 0 aliphatic heterocycles. The van der Waals surface area contributed by atoms with Gasteiger partial charge >= 0.3 is 0 Å². The van der Waals surface area contributed by atoms with E-state index in [4.69, 9.17) is 5.26 Å². The Hall–Kier alpha value is -1.33. The molecule has 2 nitrogen and oxygen atoms in total. The number of hydrogen-bond acceptors (Lipinski definition) is 2. The molecular weight excluding hydrogens is 208 g/mol. The molecule has 1 aromatic carbocycles. The van der Waals surface area contributed by atoms with Crippen LogP contribution in [0.2, 0.25) is 0 Å². The molecule has 1 aliphatic carbocycles. The van der Waals surface area contributed by atoms with E-state index in [1.165, 1.54) is 5.56 Å². The maximum absolute atomic E-state index is 9.07. The summed E-state index contributed by atoms with van der Waals surface area (Å²) in [5.41, 5.74) is 1.26. The van der Waals surface area contributed by atoms with Crippen LogP contribution in [-0.4, -0.2) is 6.04 Å². The van der Waals surface area contributed by atoms with E-state index in [1.54, 1.807) is 0 Å². The summed E-state index contributed by atoms with van der Waals surface area (Å²) in [5, 5.41) is 12.7. The third-order valence-electron chi connectivity index (χ3n) is 3.80. The summed E-state index contributed by atoms with van der Waals surface area (Å²) < 4.78 is 0. The highest BCUT2D eigenvalue weighted by molar-refractivity contribution is 5.14. The number of hydrogen-bond donors (Lipinski definition) is 1. The van der Waals surface area contributed by atoms with Crippen LogP contribution in [0.4, 0.5) is 0 Å². The fraction of sp³-hybridized carbons (Fsp3) is 0.533. The lowest BCUT2D eigenvalue weighted by Crippen LogP contribution is -2.35. The second kappa shape index (κ2) is 5.33. The van der Waals surface area contributed by atoms with Crippen molar-refractivity contribution in [3.8, 4) is 6.07 Å². The molecule has 0 amide bonds. The van der Waals surface area contributed by atoms with E-state index in [-0.39, 0.29) is 5.41 Å². The van der Waals surface area contributed by atoms with Crippen molar-refractivity contribution in [3.05, 3.63) is 35.9 Å². The van der Waals surface area contributed by atoms with Crippen LogP contribution in [0.25, 0.3) is 0 Å². The highest BCUT2D eigenvalue weighted by atomic mass is 14.9. The van der Waals surface area contributed by atoms with Crippen molar-refractivity contribution in [3.63, 3.8) is 0 Å². The van der Waals surface area contributed by atoms with Crippen molar-refractivity contribution < 1.29 is 0 Å². The number of rotatable bonds is 3. The van der Waals surface area contributed by atoms with E-state index in [0.29, 0.717) is 6.04 Å². The fourth-order valence-electron chi connectivity index (χ4n) is 2.43. The Kier molecular flexibility index (Phi) is 3.81. The van der Waals surface area contributed by atoms with Gasteiger partial charge in [0.05, 0.1) is 11.5 Å². The first-order valence-electron chi connectivity index (χ1n) is 6.40. The zero-order chi connectivity index (χ0) is 12.1. The minimum absolute atomic E-state index is 0.0784. The van der Waals surface area contributed by atoms with Crippen LogP contribution in [0.3, 0.4) is 0 Å². The van der Waals surface area contributed by atoms with Crippen LogP contribution in [0.1, 0.15) is 38.2 Å². The van der Waals surface area contributed by atoms with E-state index in [1.807, 2.05) is 6.07 Å². The molecule has 0 atom stereocenters. The van der Waals surface area contributed by atoms with E-state index in [0.717, 1.165) is 32.2 Å². The van der Waals surface area contributed by atoms with Crippen molar-refractivity contribution in [2.24, 2.45) is 5.41 Å². The van der Waals surface area contributed by atoms with Gasteiger partial charge in [-0.1, -0.05) is 30.3 Å². The monoisotopic (exact) mass is 228 g/mol. The van der Waals surface area contributed by atoms with Crippen molar-refractivity contribution in [2.75, 3.05) is 0 Å². The van der Waals surface area contributed by atoms with Crippen LogP contribution < -0.4 is 5.32 Å². The number of benzene rings is 1. The second-order valence-electron chi connectivity index (χ2n) is 5.31. The third-order valence-corrected chi connectivity index (χ3v) is 3.80. The first kappa shape index (κ1) is 12.1. The molecule has 2 heteroatoms. The number of nitrogens with zero attached hydrogens (tertiary/aromatic N) is 1. The molecule has 1 aromatic rings. The van der Waals surface area contributed by atoms with Gasteiger partial charge in [-0.15, -0.1) is 0 Å². The molecule has 1 N–H and O–H groups in total. The molecule has 0 spiro atoms. The molecule has 0 radical (unpaired) electrons. The summed E-state index contributed by atoms with van der Waals surface area (Å²) in [6, 6.07) is 13.5. The van der Waals surface area contributed by atoms with Gasteiger partial charge in [0.15, 0.2) is 0 Å². The summed E-state index contributed by atoms with van der Waals surface area (Å²) >= 11 is 0. The molecule has 90 valence electrons. The number of nitrogens with one attached hydrogen (secondary N) is 1. The van der Waals surface area contributed by atoms with Crippen molar-refractivity contribution >= 4 is 0 Å². The van der Waals surface area contributed by atoms with Crippen LogP contribution in [-0.2, 0) is 6.54 Å². The summed E-state index contributed by atoms with van der Waals surface area (Å²) in [6.45, 7) is 3.02. The first-order valence-corrected chi connectivity index (χ1v) is 6.40. The lowest BCUT2D eigenvalue weighted by Gasteiger charge is -2.32. The Morgan fingerprint density at radius 3 is 2.53 bits per heavy atom. The average molecular weight is 228 g/mol. The largest absolute Gasteiger partial charge is 0.310 e. The minimum atomic E-state index is -0.0784. The Labute approximate surface area is 104 Å². The minimum Gasteiger partial charge on any atom is -0.310 e. The maximum Gasteiger partial charge on any atom is 0.0686 e. The fourth-order valence-corrected chi connectivity index (χ4v) is 2.43. The van der Waals surface area contributed by atoms with Gasteiger partial charge in [0.2, 0.25) is 0 Å². The van der Waals surface area contributed by atoms with Gasteiger partial charge in [-0.2, -0.15) is 5.26 Å². The maximum atomic E-state index is 9.07. The van der Waals surface area contributed by atoms with Gasteiger partial charge in [-0.25, -0.2) is 0 Å². The SMILES string of the molecule is CC1(C#N)CCC(NCc2ccccc2)CC1. The summed E-state index contributed by atoms with van der Waals surface area (Å²) in [4.78, 5) is 0. The molecule has 0 bridgehead atoms. The van der Waals surface area contributed by atoms with Gasteiger partial charge in [-0.3, -0.25) is 0 Å². The Balaban J connectivity index is 1.78. The van der Waals surface area contributed by atoms with Crippen LogP contribution in [0.5, 0.6) is 0 Å². The van der Waals surface area contributed by atoms with E-state index in [2.05, 4.69) is 42.6 Å². The van der Waals surface area contributed by atoms with Crippen molar-refractivity contribution in [1.82, 2.24) is 5.32 Å². The summed E-state index contributed by atoms with van der Waals surface area (Å²) in [6.07, 6.45) is 4.29. The Morgan fingerprint density at radius 1 is 1.29 bits per heavy atom. The lowest BCUT2D eigenvalue weighted by molar-refractivity contribution is 0.245. The predicted molar refractivity (Wildman–Crippen MR) is 69.3 cm³/mol. The summed E-state index contributed by atoms with van der Waals surface area (Å²) in [5.74, 6) is 0. The molecule has 1 aliphatic rings. The second-order valence-corrected chi connectivity index (χ2v) is 5.31. The zero-order valence-corrected chi connectivity index (χ0v) is 10.4. The van der Waals surface area contributed by atoms with E-state index < -0.39 is 0 Å². The Morgan fingerprint density at radius 2 is 1.94 bits per heavy atom.